The van der Waals surface area contributed by atoms with Crippen molar-refractivity contribution in [3.05, 3.63) is 27.7 Å². The van der Waals surface area contributed by atoms with Gasteiger partial charge in [0.15, 0.2) is 0 Å². The monoisotopic (exact) mass is 236 g/mol. The van der Waals surface area contributed by atoms with E-state index in [9.17, 15) is 4.79 Å². The minimum Gasteiger partial charge on any atom is -0.481 e. The SMILES string of the molecule is O=C(O)Cc1ccc(Cl)c(Cl)c1S. The summed E-state index contributed by atoms with van der Waals surface area (Å²) in [5, 5.41) is 9.21. The smallest absolute Gasteiger partial charge is 0.307 e. The van der Waals surface area contributed by atoms with E-state index in [1.165, 1.54) is 0 Å². The second kappa shape index (κ2) is 4.22. The van der Waals surface area contributed by atoms with Crippen molar-refractivity contribution in [2.24, 2.45) is 0 Å². The molecule has 1 N–H and O–H groups in total. The first-order valence-electron chi connectivity index (χ1n) is 3.40. The van der Waals surface area contributed by atoms with Gasteiger partial charge >= 0.3 is 5.97 Å². The second-order valence-electron chi connectivity index (χ2n) is 2.44. The molecule has 0 saturated heterocycles. The molecule has 0 unspecified atom stereocenters. The van der Waals surface area contributed by atoms with Crippen LogP contribution in [0.1, 0.15) is 5.56 Å². The Morgan fingerprint density at radius 2 is 2.08 bits per heavy atom. The van der Waals surface area contributed by atoms with Gasteiger partial charge in [-0.3, -0.25) is 4.79 Å². The van der Waals surface area contributed by atoms with Gasteiger partial charge in [0, 0.05) is 4.90 Å². The maximum Gasteiger partial charge on any atom is 0.307 e. The van der Waals surface area contributed by atoms with Crippen LogP contribution in [0.4, 0.5) is 0 Å². The van der Waals surface area contributed by atoms with Crippen molar-refractivity contribution in [2.75, 3.05) is 0 Å². The molecular weight excluding hydrogens is 231 g/mol. The van der Waals surface area contributed by atoms with E-state index < -0.39 is 5.97 Å². The number of halogens is 2. The number of hydrogen-bond acceptors (Lipinski definition) is 2. The van der Waals surface area contributed by atoms with Gasteiger partial charge in [-0.05, 0) is 11.6 Å². The highest BCUT2D eigenvalue weighted by atomic mass is 35.5. The van der Waals surface area contributed by atoms with E-state index in [1.807, 2.05) is 0 Å². The van der Waals surface area contributed by atoms with Gasteiger partial charge in [0.05, 0.1) is 16.5 Å². The fourth-order valence-electron chi connectivity index (χ4n) is 0.885. The predicted octanol–water partition coefficient (Wildman–Crippen LogP) is 2.91. The minimum absolute atomic E-state index is 0.101. The van der Waals surface area contributed by atoms with Crippen LogP contribution in [-0.2, 0) is 11.2 Å². The largest absolute Gasteiger partial charge is 0.481 e. The molecule has 0 amide bonds. The normalized spacial score (nSPS) is 10.1. The molecule has 70 valence electrons. The molecule has 1 aromatic rings. The Morgan fingerprint density at radius 1 is 1.46 bits per heavy atom. The van der Waals surface area contributed by atoms with Crippen molar-refractivity contribution >= 4 is 41.8 Å². The molecule has 2 nitrogen and oxygen atoms in total. The summed E-state index contributed by atoms with van der Waals surface area (Å²) in [6.07, 6.45) is -0.101. The van der Waals surface area contributed by atoms with E-state index in [2.05, 4.69) is 12.6 Å². The highest BCUT2D eigenvalue weighted by Gasteiger charge is 2.09. The summed E-state index contributed by atoms with van der Waals surface area (Å²) in [7, 11) is 0. The molecule has 0 spiro atoms. The van der Waals surface area contributed by atoms with Crippen molar-refractivity contribution in [1.82, 2.24) is 0 Å². The van der Waals surface area contributed by atoms with E-state index in [-0.39, 0.29) is 6.42 Å². The van der Waals surface area contributed by atoms with Gasteiger partial charge in [0.2, 0.25) is 0 Å². The standard InChI is InChI=1S/C8H6Cl2O2S/c9-5-2-1-4(3-6(11)12)8(13)7(5)10/h1-2,13H,3H2,(H,11,12). The summed E-state index contributed by atoms with van der Waals surface area (Å²) < 4.78 is 0. The third kappa shape index (κ3) is 2.53. The molecule has 1 aromatic carbocycles. The summed E-state index contributed by atoms with van der Waals surface area (Å²) >= 11 is 15.5. The molecule has 5 heteroatoms. The predicted molar refractivity (Wildman–Crippen MR) is 55.1 cm³/mol. The number of carbonyl (C=O) groups is 1. The molecule has 0 saturated carbocycles. The maximum atomic E-state index is 10.4. The molecule has 0 heterocycles. The molecule has 0 fully saturated rings. The number of carboxylic acids is 1. The van der Waals surface area contributed by atoms with E-state index in [4.69, 9.17) is 28.3 Å². The lowest BCUT2D eigenvalue weighted by atomic mass is 10.1. The molecule has 13 heavy (non-hydrogen) atoms. The number of carboxylic acid groups (broad SMARTS) is 1. The third-order valence-electron chi connectivity index (χ3n) is 1.49. The summed E-state index contributed by atoms with van der Waals surface area (Å²) in [5.41, 5.74) is 0.560. The highest BCUT2D eigenvalue weighted by Crippen LogP contribution is 2.31. The van der Waals surface area contributed by atoms with E-state index >= 15 is 0 Å². The number of thiol groups is 1. The maximum absolute atomic E-state index is 10.4. The zero-order chi connectivity index (χ0) is 10.0. The van der Waals surface area contributed by atoms with Crippen molar-refractivity contribution in [2.45, 2.75) is 11.3 Å². The number of aliphatic carboxylic acids is 1. The topological polar surface area (TPSA) is 37.3 Å². The van der Waals surface area contributed by atoms with E-state index in [0.29, 0.717) is 20.5 Å². The zero-order valence-electron chi connectivity index (χ0n) is 6.42. The van der Waals surface area contributed by atoms with Crippen LogP contribution >= 0.6 is 35.8 Å². The molecule has 0 atom stereocenters. The average Bonchev–Trinajstić information content (AvgIpc) is 2.06. The van der Waals surface area contributed by atoms with Crippen molar-refractivity contribution in [3.8, 4) is 0 Å². The van der Waals surface area contributed by atoms with Gasteiger partial charge in [0.25, 0.3) is 0 Å². The second-order valence-corrected chi connectivity index (χ2v) is 3.67. The van der Waals surface area contributed by atoms with Gasteiger partial charge in [-0.1, -0.05) is 29.3 Å². The van der Waals surface area contributed by atoms with Crippen molar-refractivity contribution < 1.29 is 9.90 Å². The van der Waals surface area contributed by atoms with Crippen molar-refractivity contribution in [1.29, 1.82) is 0 Å². The quantitative estimate of drug-likeness (QED) is 0.776. The minimum atomic E-state index is -0.923. The first-order valence-corrected chi connectivity index (χ1v) is 4.60. The third-order valence-corrected chi connectivity index (χ3v) is 2.94. The fraction of sp³-hybridized carbons (Fsp3) is 0.125. The Morgan fingerprint density at radius 3 is 2.62 bits per heavy atom. The van der Waals surface area contributed by atoms with E-state index in [0.717, 1.165) is 0 Å². The lowest BCUT2D eigenvalue weighted by Gasteiger charge is -2.05. The Balaban J connectivity index is 3.10. The highest BCUT2D eigenvalue weighted by molar-refractivity contribution is 7.80. The van der Waals surface area contributed by atoms with Gasteiger partial charge in [-0.2, -0.15) is 0 Å². The first kappa shape index (κ1) is 10.7. The lowest BCUT2D eigenvalue weighted by Crippen LogP contribution is -2.01. The molecule has 0 aliphatic heterocycles. The van der Waals surface area contributed by atoms with Crippen LogP contribution in [0.3, 0.4) is 0 Å². The summed E-state index contributed by atoms with van der Waals surface area (Å²) in [6, 6.07) is 3.16. The zero-order valence-corrected chi connectivity index (χ0v) is 8.83. The van der Waals surface area contributed by atoms with Crippen LogP contribution in [0.15, 0.2) is 17.0 Å². The molecule has 0 radical (unpaired) electrons. The molecule has 0 bridgehead atoms. The van der Waals surface area contributed by atoms with Crippen molar-refractivity contribution in [3.63, 3.8) is 0 Å². The first-order chi connectivity index (χ1) is 6.02. The van der Waals surface area contributed by atoms with Gasteiger partial charge in [-0.15, -0.1) is 12.6 Å². The molecule has 0 aromatic heterocycles. The summed E-state index contributed by atoms with van der Waals surface area (Å²) in [5.74, 6) is -0.923. The Bertz CT molecular complexity index is 352. The molecule has 1 rings (SSSR count). The van der Waals surface area contributed by atoms with Crippen LogP contribution < -0.4 is 0 Å². The summed E-state index contributed by atoms with van der Waals surface area (Å²) in [6.45, 7) is 0. The molecular formula is C8H6Cl2O2S. The van der Waals surface area contributed by atoms with Crippen LogP contribution in [-0.4, -0.2) is 11.1 Å². The Kier molecular flexibility index (Phi) is 3.47. The average molecular weight is 237 g/mol. The molecule has 0 aliphatic rings. The Labute approximate surface area is 90.9 Å². The van der Waals surface area contributed by atoms with Crippen LogP contribution in [0.2, 0.25) is 10.0 Å². The van der Waals surface area contributed by atoms with Gasteiger partial charge in [-0.25, -0.2) is 0 Å². The fourth-order valence-corrected chi connectivity index (χ4v) is 1.57. The van der Waals surface area contributed by atoms with Gasteiger partial charge in [0.1, 0.15) is 0 Å². The van der Waals surface area contributed by atoms with Crippen LogP contribution in [0.25, 0.3) is 0 Å². The van der Waals surface area contributed by atoms with Crippen LogP contribution in [0, 0.1) is 0 Å². The Hall–Kier alpha value is -0.380. The number of benzene rings is 1. The number of rotatable bonds is 2. The summed E-state index contributed by atoms with van der Waals surface area (Å²) in [4.78, 5) is 10.8. The van der Waals surface area contributed by atoms with Gasteiger partial charge < -0.3 is 5.11 Å². The number of hydrogen-bond donors (Lipinski definition) is 2. The lowest BCUT2D eigenvalue weighted by molar-refractivity contribution is -0.136. The van der Waals surface area contributed by atoms with Crippen LogP contribution in [0.5, 0.6) is 0 Å². The molecule has 0 aliphatic carbocycles. The van der Waals surface area contributed by atoms with E-state index in [1.54, 1.807) is 12.1 Å².